The van der Waals surface area contributed by atoms with Crippen molar-refractivity contribution in [2.45, 2.75) is 19.1 Å². The van der Waals surface area contributed by atoms with Crippen molar-refractivity contribution >= 4 is 5.71 Å². The fraction of sp³-hybridized carbons (Fsp3) is 0.312. The molecule has 0 spiro atoms. The molecule has 0 bridgehead atoms. The molecule has 0 amide bonds. The van der Waals surface area contributed by atoms with E-state index < -0.39 is 29.0 Å². The molecule has 1 aliphatic rings. The van der Waals surface area contributed by atoms with Gasteiger partial charge in [-0.15, -0.1) is 0 Å². The van der Waals surface area contributed by atoms with E-state index in [1.54, 1.807) is 0 Å². The highest BCUT2D eigenvalue weighted by molar-refractivity contribution is 6.01. The van der Waals surface area contributed by atoms with Crippen LogP contribution in [0, 0.1) is 17.6 Å². The van der Waals surface area contributed by atoms with Gasteiger partial charge < -0.3 is 10.4 Å². The molecule has 2 atom stereocenters. The third kappa shape index (κ3) is 3.27. The number of hydrogen-bond acceptors (Lipinski definition) is 5. The standard InChI is InChI=1S/C16H16F3N5O/c1-10(15-14(19)5-20-7-22-15)16(25,6-24-9-21-8-23-24)12-3-2-11(17)4-13(12)18/h2-5,8-10,20,25H,6-7H2,1H3/t10-,16?/m0/s1. The Bertz CT molecular complexity index is 821. The van der Waals surface area contributed by atoms with Crippen molar-refractivity contribution in [1.82, 2.24) is 20.1 Å². The van der Waals surface area contributed by atoms with Crippen molar-refractivity contribution < 1.29 is 18.3 Å². The van der Waals surface area contributed by atoms with Crippen LogP contribution in [0.3, 0.4) is 0 Å². The lowest BCUT2D eigenvalue weighted by Gasteiger charge is -2.35. The Balaban J connectivity index is 2.08. The Morgan fingerprint density at radius 3 is 2.80 bits per heavy atom. The number of nitrogens with zero attached hydrogens (tertiary/aromatic N) is 4. The van der Waals surface area contributed by atoms with Crippen LogP contribution in [0.1, 0.15) is 12.5 Å². The lowest BCUT2D eigenvalue weighted by Crippen LogP contribution is -2.44. The first-order valence-electron chi connectivity index (χ1n) is 7.56. The van der Waals surface area contributed by atoms with Crippen molar-refractivity contribution in [3.05, 3.63) is 60.1 Å². The van der Waals surface area contributed by atoms with Crippen molar-refractivity contribution in [2.75, 3.05) is 6.67 Å². The topological polar surface area (TPSA) is 75.3 Å². The van der Waals surface area contributed by atoms with Crippen molar-refractivity contribution in [3.63, 3.8) is 0 Å². The maximum atomic E-state index is 14.4. The van der Waals surface area contributed by atoms with Gasteiger partial charge in [0.25, 0.3) is 0 Å². The lowest BCUT2D eigenvalue weighted by molar-refractivity contribution is -0.0161. The quantitative estimate of drug-likeness (QED) is 0.863. The highest BCUT2D eigenvalue weighted by Crippen LogP contribution is 2.36. The summed E-state index contributed by atoms with van der Waals surface area (Å²) in [6.07, 6.45) is 3.74. The minimum Gasteiger partial charge on any atom is -0.382 e. The number of nitrogens with one attached hydrogen (secondary N) is 1. The molecule has 0 saturated carbocycles. The molecular formula is C16H16F3N5O. The monoisotopic (exact) mass is 351 g/mol. The van der Waals surface area contributed by atoms with E-state index in [0.717, 1.165) is 18.3 Å². The predicted molar refractivity (Wildman–Crippen MR) is 84.1 cm³/mol. The highest BCUT2D eigenvalue weighted by Gasteiger charge is 2.42. The van der Waals surface area contributed by atoms with Gasteiger partial charge in [0.1, 0.15) is 36.6 Å². The van der Waals surface area contributed by atoms with Gasteiger partial charge in [-0.25, -0.2) is 22.8 Å². The molecule has 0 saturated heterocycles. The van der Waals surface area contributed by atoms with Crippen LogP contribution in [0.2, 0.25) is 0 Å². The Kier molecular flexibility index (Phi) is 4.58. The zero-order valence-corrected chi connectivity index (χ0v) is 13.3. The molecule has 25 heavy (non-hydrogen) atoms. The zero-order chi connectivity index (χ0) is 18.0. The first kappa shape index (κ1) is 17.2. The van der Waals surface area contributed by atoms with Crippen LogP contribution in [-0.2, 0) is 12.1 Å². The molecule has 9 heteroatoms. The van der Waals surface area contributed by atoms with E-state index in [-0.39, 0.29) is 24.5 Å². The molecule has 1 aromatic heterocycles. The number of rotatable bonds is 5. The SMILES string of the molecule is C[C@@H](C1=NCNC=C1F)C(O)(Cn1cncn1)c1ccc(F)cc1F. The molecule has 1 aromatic carbocycles. The fourth-order valence-corrected chi connectivity index (χ4v) is 2.84. The first-order chi connectivity index (χ1) is 11.9. The molecule has 1 unspecified atom stereocenters. The highest BCUT2D eigenvalue weighted by atomic mass is 19.1. The van der Waals surface area contributed by atoms with Crippen LogP contribution in [0.4, 0.5) is 13.2 Å². The van der Waals surface area contributed by atoms with Gasteiger partial charge in [0.2, 0.25) is 0 Å². The minimum atomic E-state index is -1.92. The summed E-state index contributed by atoms with van der Waals surface area (Å²) >= 11 is 0. The summed E-state index contributed by atoms with van der Waals surface area (Å²) in [5.74, 6) is -3.30. The zero-order valence-electron chi connectivity index (χ0n) is 13.3. The largest absolute Gasteiger partial charge is 0.382 e. The molecule has 0 aliphatic carbocycles. The number of allylic oxidation sites excluding steroid dienone is 1. The maximum Gasteiger partial charge on any atom is 0.160 e. The summed E-state index contributed by atoms with van der Waals surface area (Å²) in [6, 6.07) is 2.85. The first-order valence-corrected chi connectivity index (χ1v) is 7.56. The van der Waals surface area contributed by atoms with Crippen LogP contribution < -0.4 is 5.32 Å². The average Bonchev–Trinajstić information content (AvgIpc) is 3.07. The summed E-state index contributed by atoms with van der Waals surface area (Å²) in [4.78, 5) is 7.82. The third-order valence-corrected chi connectivity index (χ3v) is 4.21. The summed E-state index contributed by atoms with van der Waals surface area (Å²) in [6.45, 7) is 1.45. The van der Waals surface area contributed by atoms with Crippen LogP contribution in [0.5, 0.6) is 0 Å². The summed E-state index contributed by atoms with van der Waals surface area (Å²) < 4.78 is 43.1. The van der Waals surface area contributed by atoms with E-state index in [9.17, 15) is 18.3 Å². The van der Waals surface area contributed by atoms with E-state index in [1.165, 1.54) is 24.3 Å². The second-order valence-corrected chi connectivity index (χ2v) is 5.76. The smallest absolute Gasteiger partial charge is 0.160 e. The maximum absolute atomic E-state index is 14.4. The van der Waals surface area contributed by atoms with Crippen LogP contribution >= 0.6 is 0 Å². The van der Waals surface area contributed by atoms with E-state index in [4.69, 9.17) is 0 Å². The van der Waals surface area contributed by atoms with Gasteiger partial charge in [0.05, 0.1) is 12.3 Å². The normalized spacial score (nSPS) is 18.0. The van der Waals surface area contributed by atoms with E-state index >= 15 is 0 Å². The summed E-state index contributed by atoms with van der Waals surface area (Å²) in [5.41, 5.74) is -2.11. The number of aliphatic imine (C=N–C) groups is 1. The van der Waals surface area contributed by atoms with Crippen molar-refractivity contribution in [2.24, 2.45) is 10.9 Å². The van der Waals surface area contributed by atoms with Gasteiger partial charge in [-0.2, -0.15) is 5.10 Å². The second-order valence-electron chi connectivity index (χ2n) is 5.76. The number of halogens is 3. The van der Waals surface area contributed by atoms with E-state index in [0.29, 0.717) is 6.07 Å². The summed E-state index contributed by atoms with van der Waals surface area (Å²) in [7, 11) is 0. The van der Waals surface area contributed by atoms with Crippen LogP contribution in [0.25, 0.3) is 0 Å². The molecular weight excluding hydrogens is 335 g/mol. The molecule has 6 nitrogen and oxygen atoms in total. The Morgan fingerprint density at radius 1 is 1.36 bits per heavy atom. The van der Waals surface area contributed by atoms with Gasteiger partial charge >= 0.3 is 0 Å². The second kappa shape index (κ2) is 6.67. The number of hydrogen-bond donors (Lipinski definition) is 2. The lowest BCUT2D eigenvalue weighted by atomic mass is 9.78. The number of benzene rings is 1. The van der Waals surface area contributed by atoms with Gasteiger partial charge in [0.15, 0.2) is 5.83 Å². The predicted octanol–water partition coefficient (Wildman–Crippen LogP) is 1.89. The Morgan fingerprint density at radius 2 is 2.16 bits per heavy atom. The van der Waals surface area contributed by atoms with Crippen molar-refractivity contribution in [1.29, 1.82) is 0 Å². The average molecular weight is 351 g/mol. The Hall–Kier alpha value is -2.68. The van der Waals surface area contributed by atoms with Gasteiger partial charge in [-0.05, 0) is 6.07 Å². The molecule has 132 valence electrons. The minimum absolute atomic E-state index is 0.00918. The van der Waals surface area contributed by atoms with E-state index in [2.05, 4.69) is 20.4 Å². The molecule has 2 N–H and O–H groups in total. The molecule has 0 radical (unpaired) electrons. The van der Waals surface area contributed by atoms with Crippen LogP contribution in [-0.4, -0.2) is 32.3 Å². The molecule has 3 rings (SSSR count). The number of aromatic nitrogens is 3. The molecule has 2 heterocycles. The van der Waals surface area contributed by atoms with Gasteiger partial charge in [-0.1, -0.05) is 13.0 Å². The molecule has 1 aliphatic heterocycles. The van der Waals surface area contributed by atoms with Crippen LogP contribution in [0.15, 0.2) is 47.9 Å². The molecule has 2 aromatic rings. The van der Waals surface area contributed by atoms with Gasteiger partial charge in [-0.3, -0.25) is 4.99 Å². The van der Waals surface area contributed by atoms with E-state index in [1.807, 2.05) is 0 Å². The fourth-order valence-electron chi connectivity index (χ4n) is 2.84. The third-order valence-electron chi connectivity index (χ3n) is 4.21. The van der Waals surface area contributed by atoms with Crippen molar-refractivity contribution in [3.8, 4) is 0 Å². The number of aliphatic hydroxyl groups is 1. The molecule has 0 fully saturated rings. The summed E-state index contributed by atoms with van der Waals surface area (Å²) in [5, 5.41) is 17.8. The van der Waals surface area contributed by atoms with Gasteiger partial charge in [0, 0.05) is 23.7 Å². The Labute approximate surface area is 141 Å².